The number of anilines is 3. The average Bonchev–Trinajstić information content (AvgIpc) is 2.26. The lowest BCUT2D eigenvalue weighted by Gasteiger charge is -2.25. The first-order valence-corrected chi connectivity index (χ1v) is 6.26. The Hall–Kier alpha value is -2.03. The van der Waals surface area contributed by atoms with Crippen LogP contribution in [0.25, 0.3) is 0 Å². The molecule has 2 nitrogen and oxygen atoms in total. The molecule has 0 amide bonds. The van der Waals surface area contributed by atoms with Gasteiger partial charge in [-0.05, 0) is 50.1 Å². The summed E-state index contributed by atoms with van der Waals surface area (Å²) in [5.41, 5.74) is 11.9. The molecular formula is C16H19FN2. The van der Waals surface area contributed by atoms with Gasteiger partial charge in [-0.3, -0.25) is 0 Å². The van der Waals surface area contributed by atoms with Gasteiger partial charge in [0.2, 0.25) is 0 Å². The van der Waals surface area contributed by atoms with Crippen molar-refractivity contribution in [1.29, 1.82) is 0 Å². The van der Waals surface area contributed by atoms with E-state index in [2.05, 4.69) is 32.9 Å². The number of rotatable bonds is 2. The fraction of sp³-hybridized carbons (Fsp3) is 0.250. The third-order valence-corrected chi connectivity index (χ3v) is 3.32. The molecule has 0 bridgehead atoms. The topological polar surface area (TPSA) is 29.3 Å². The Balaban J connectivity index is 2.53. The maximum atomic E-state index is 13.1. The molecule has 0 aliphatic heterocycles. The smallest absolute Gasteiger partial charge is 0.125 e. The van der Waals surface area contributed by atoms with E-state index in [-0.39, 0.29) is 5.82 Å². The molecule has 0 aliphatic carbocycles. The minimum Gasteiger partial charge on any atom is -0.397 e. The Labute approximate surface area is 113 Å². The number of aryl methyl sites for hydroxylation is 3. The summed E-state index contributed by atoms with van der Waals surface area (Å²) in [5, 5.41) is 0. The maximum absolute atomic E-state index is 13.1. The van der Waals surface area contributed by atoms with E-state index >= 15 is 0 Å². The highest BCUT2D eigenvalue weighted by Gasteiger charge is 2.13. The quantitative estimate of drug-likeness (QED) is 0.822. The predicted octanol–water partition coefficient (Wildman–Crippen LogP) is 4.10. The van der Waals surface area contributed by atoms with Crippen molar-refractivity contribution in [3.05, 3.63) is 52.8 Å². The van der Waals surface area contributed by atoms with E-state index in [4.69, 9.17) is 5.73 Å². The molecule has 2 aromatic rings. The minimum atomic E-state index is -0.313. The van der Waals surface area contributed by atoms with E-state index in [1.807, 2.05) is 11.9 Å². The number of hydrogen-bond acceptors (Lipinski definition) is 2. The molecule has 2 N–H and O–H groups in total. The Morgan fingerprint density at radius 3 is 2.11 bits per heavy atom. The molecule has 3 heteroatoms. The minimum absolute atomic E-state index is 0.313. The van der Waals surface area contributed by atoms with Crippen molar-refractivity contribution >= 4 is 17.1 Å². The number of benzene rings is 2. The highest BCUT2D eigenvalue weighted by atomic mass is 19.1. The molecule has 2 aromatic carbocycles. The highest BCUT2D eigenvalue weighted by molar-refractivity contribution is 5.77. The summed E-state index contributed by atoms with van der Waals surface area (Å²) >= 11 is 0. The Morgan fingerprint density at radius 1 is 1.00 bits per heavy atom. The second-order valence-corrected chi connectivity index (χ2v) is 5.01. The van der Waals surface area contributed by atoms with Crippen LogP contribution in [0.5, 0.6) is 0 Å². The fourth-order valence-electron chi connectivity index (χ4n) is 2.65. The normalized spacial score (nSPS) is 10.6. The molecule has 0 fully saturated rings. The Kier molecular flexibility index (Phi) is 3.47. The Bertz CT molecular complexity index is 597. The van der Waals surface area contributed by atoms with Gasteiger partial charge in [0, 0.05) is 12.7 Å². The molecule has 0 spiro atoms. The number of nitrogens with two attached hydrogens (primary N) is 1. The van der Waals surface area contributed by atoms with Gasteiger partial charge in [0.05, 0.1) is 11.4 Å². The first kappa shape index (κ1) is 13.4. The molecule has 19 heavy (non-hydrogen) atoms. The standard InChI is InChI=1S/C16H19FN2/c1-10-7-11(2)16(12(3)8-10)19(4)15-6-5-13(17)9-14(15)18/h5-9H,18H2,1-4H3. The van der Waals surface area contributed by atoms with Gasteiger partial charge in [-0.1, -0.05) is 17.7 Å². The lowest BCUT2D eigenvalue weighted by molar-refractivity contribution is 0.628. The summed E-state index contributed by atoms with van der Waals surface area (Å²) in [7, 11) is 1.95. The van der Waals surface area contributed by atoms with Crippen molar-refractivity contribution in [2.45, 2.75) is 20.8 Å². The zero-order chi connectivity index (χ0) is 14.2. The van der Waals surface area contributed by atoms with Gasteiger partial charge >= 0.3 is 0 Å². The molecule has 0 unspecified atom stereocenters. The van der Waals surface area contributed by atoms with Crippen LogP contribution in [0.4, 0.5) is 21.5 Å². The van der Waals surface area contributed by atoms with Crippen LogP contribution in [0, 0.1) is 26.6 Å². The molecular weight excluding hydrogens is 239 g/mol. The van der Waals surface area contributed by atoms with E-state index in [1.54, 1.807) is 6.07 Å². The summed E-state index contributed by atoms with van der Waals surface area (Å²) in [6.07, 6.45) is 0. The number of hydrogen-bond donors (Lipinski definition) is 1. The van der Waals surface area contributed by atoms with Crippen LogP contribution in [0.3, 0.4) is 0 Å². The molecule has 100 valence electrons. The van der Waals surface area contributed by atoms with Gasteiger partial charge in [-0.15, -0.1) is 0 Å². The van der Waals surface area contributed by atoms with E-state index in [0.717, 1.165) is 11.4 Å². The maximum Gasteiger partial charge on any atom is 0.125 e. The third kappa shape index (κ3) is 2.55. The van der Waals surface area contributed by atoms with Crippen LogP contribution >= 0.6 is 0 Å². The van der Waals surface area contributed by atoms with Gasteiger partial charge in [0.1, 0.15) is 5.82 Å². The lowest BCUT2D eigenvalue weighted by atomic mass is 10.0. The van der Waals surface area contributed by atoms with Gasteiger partial charge in [-0.25, -0.2) is 4.39 Å². The first-order chi connectivity index (χ1) is 8.90. The van der Waals surface area contributed by atoms with Crippen molar-refractivity contribution in [2.75, 3.05) is 17.7 Å². The molecule has 0 saturated carbocycles. The summed E-state index contributed by atoms with van der Waals surface area (Å²) in [5.74, 6) is -0.313. The van der Waals surface area contributed by atoms with Gasteiger partial charge in [-0.2, -0.15) is 0 Å². The van der Waals surface area contributed by atoms with E-state index in [1.165, 1.54) is 28.8 Å². The van der Waals surface area contributed by atoms with Crippen molar-refractivity contribution < 1.29 is 4.39 Å². The zero-order valence-electron chi connectivity index (χ0n) is 11.8. The van der Waals surface area contributed by atoms with Crippen LogP contribution in [-0.2, 0) is 0 Å². The summed E-state index contributed by atoms with van der Waals surface area (Å²) in [4.78, 5) is 2.01. The molecule has 0 aromatic heterocycles. The highest BCUT2D eigenvalue weighted by Crippen LogP contribution is 2.34. The molecule has 0 aliphatic rings. The van der Waals surface area contributed by atoms with Crippen LogP contribution < -0.4 is 10.6 Å². The van der Waals surface area contributed by atoms with E-state index in [9.17, 15) is 4.39 Å². The van der Waals surface area contributed by atoms with E-state index < -0.39 is 0 Å². The fourth-order valence-corrected chi connectivity index (χ4v) is 2.65. The molecule has 0 atom stereocenters. The molecule has 2 rings (SSSR count). The second-order valence-electron chi connectivity index (χ2n) is 5.01. The van der Waals surface area contributed by atoms with Crippen molar-refractivity contribution in [3.8, 4) is 0 Å². The van der Waals surface area contributed by atoms with Gasteiger partial charge in [0.15, 0.2) is 0 Å². The van der Waals surface area contributed by atoms with Crippen LogP contribution in [0.1, 0.15) is 16.7 Å². The van der Waals surface area contributed by atoms with Crippen LogP contribution in [0.15, 0.2) is 30.3 Å². The summed E-state index contributed by atoms with van der Waals surface area (Å²) in [6, 6.07) is 8.77. The first-order valence-electron chi connectivity index (χ1n) is 6.26. The van der Waals surface area contributed by atoms with Crippen molar-refractivity contribution in [2.24, 2.45) is 0 Å². The van der Waals surface area contributed by atoms with Gasteiger partial charge < -0.3 is 10.6 Å². The van der Waals surface area contributed by atoms with Crippen LogP contribution in [0.2, 0.25) is 0 Å². The van der Waals surface area contributed by atoms with Crippen molar-refractivity contribution in [3.63, 3.8) is 0 Å². The van der Waals surface area contributed by atoms with Crippen LogP contribution in [-0.4, -0.2) is 7.05 Å². The zero-order valence-corrected chi connectivity index (χ0v) is 11.8. The third-order valence-electron chi connectivity index (χ3n) is 3.32. The summed E-state index contributed by atoms with van der Waals surface area (Å²) in [6.45, 7) is 6.23. The summed E-state index contributed by atoms with van der Waals surface area (Å²) < 4.78 is 13.1. The van der Waals surface area contributed by atoms with Crippen molar-refractivity contribution in [1.82, 2.24) is 0 Å². The lowest BCUT2D eigenvalue weighted by Crippen LogP contribution is -2.14. The predicted molar refractivity (Wildman–Crippen MR) is 79.5 cm³/mol. The monoisotopic (exact) mass is 258 g/mol. The van der Waals surface area contributed by atoms with E-state index in [0.29, 0.717) is 5.69 Å². The second kappa shape index (κ2) is 4.92. The average molecular weight is 258 g/mol. The SMILES string of the molecule is Cc1cc(C)c(N(C)c2ccc(F)cc2N)c(C)c1. The largest absolute Gasteiger partial charge is 0.397 e. The van der Waals surface area contributed by atoms with Gasteiger partial charge in [0.25, 0.3) is 0 Å². The molecule has 0 heterocycles. The molecule has 0 radical (unpaired) electrons. The number of halogens is 1. The number of nitrogen functional groups attached to an aromatic ring is 1. The molecule has 0 saturated heterocycles. The number of nitrogens with zero attached hydrogens (tertiary/aromatic N) is 1. The Morgan fingerprint density at radius 2 is 1.58 bits per heavy atom.